The van der Waals surface area contributed by atoms with Crippen molar-refractivity contribution in [3.05, 3.63) is 29.6 Å². The van der Waals surface area contributed by atoms with E-state index in [1.54, 1.807) is 25.3 Å². The number of carbonyl (C=O) groups excluding carboxylic acids is 3. The average molecular weight is 320 g/mol. The largest absolute Gasteiger partial charge is 0.424 e. The van der Waals surface area contributed by atoms with Crippen LogP contribution in [0.25, 0.3) is 0 Å². The first kappa shape index (κ1) is 16.9. The second-order valence-electron chi connectivity index (χ2n) is 5.44. The van der Waals surface area contributed by atoms with Crippen LogP contribution >= 0.6 is 0 Å². The molecule has 1 atom stereocenters. The van der Waals surface area contributed by atoms with Crippen LogP contribution in [0.15, 0.2) is 18.3 Å². The molecule has 0 aromatic carbocycles. The van der Waals surface area contributed by atoms with Crippen LogP contribution in [0.4, 0.5) is 4.79 Å². The van der Waals surface area contributed by atoms with Crippen molar-refractivity contribution in [2.24, 2.45) is 0 Å². The molecule has 0 spiro atoms. The van der Waals surface area contributed by atoms with Crippen LogP contribution in [-0.2, 0) is 14.3 Å². The Morgan fingerprint density at radius 1 is 1.35 bits per heavy atom. The molecule has 7 nitrogen and oxygen atoms in total. The number of amides is 1. The lowest BCUT2D eigenvalue weighted by molar-refractivity contribution is -0.125. The highest BCUT2D eigenvalue weighted by Crippen LogP contribution is 2.19. The van der Waals surface area contributed by atoms with Crippen molar-refractivity contribution in [2.45, 2.75) is 38.6 Å². The van der Waals surface area contributed by atoms with E-state index in [4.69, 9.17) is 9.47 Å². The molecule has 7 heteroatoms. The predicted octanol–water partition coefficient (Wildman–Crippen LogP) is 2.08. The molecule has 124 valence electrons. The van der Waals surface area contributed by atoms with E-state index in [9.17, 15) is 14.4 Å². The molecule has 0 unspecified atom stereocenters. The summed E-state index contributed by atoms with van der Waals surface area (Å²) in [6.07, 6.45) is 3.78. The molecule has 1 heterocycles. The number of ether oxygens (including phenoxy) is 2. The van der Waals surface area contributed by atoms with Crippen molar-refractivity contribution < 1.29 is 23.9 Å². The summed E-state index contributed by atoms with van der Waals surface area (Å²) in [7, 11) is 1.52. The van der Waals surface area contributed by atoms with Crippen LogP contribution in [0.2, 0.25) is 0 Å². The van der Waals surface area contributed by atoms with Gasteiger partial charge in [-0.25, -0.2) is 9.59 Å². The molecular weight excluding hydrogens is 300 g/mol. The molecule has 0 radical (unpaired) electrons. The quantitative estimate of drug-likeness (QED) is 0.623. The van der Waals surface area contributed by atoms with Gasteiger partial charge in [0.2, 0.25) is 6.79 Å². The van der Waals surface area contributed by atoms with Crippen LogP contribution in [0, 0.1) is 6.92 Å². The van der Waals surface area contributed by atoms with E-state index in [2.05, 4.69) is 4.98 Å². The molecule has 0 N–H and O–H groups in total. The third-order valence-electron chi connectivity index (χ3n) is 3.88. The lowest BCUT2D eigenvalue weighted by atomic mass is 9.93. The second kappa shape index (κ2) is 7.71. The molecule has 1 amide bonds. The van der Waals surface area contributed by atoms with Gasteiger partial charge >= 0.3 is 12.1 Å². The van der Waals surface area contributed by atoms with Crippen molar-refractivity contribution in [3.63, 3.8) is 0 Å². The highest BCUT2D eigenvalue weighted by atomic mass is 16.7. The fraction of sp³-hybridized carbons (Fsp3) is 0.500. The number of pyridine rings is 1. The van der Waals surface area contributed by atoms with Crippen LogP contribution in [0.3, 0.4) is 0 Å². The summed E-state index contributed by atoms with van der Waals surface area (Å²) in [5.41, 5.74) is 0.855. The number of likely N-dealkylation sites (N-methyl/N-ethyl adjacent to an activating group) is 1. The third kappa shape index (κ3) is 4.28. The van der Waals surface area contributed by atoms with Crippen LogP contribution in [-0.4, -0.2) is 47.6 Å². The molecule has 1 aliphatic rings. The number of carbonyl (C=O) groups is 3. The number of aromatic nitrogens is 1. The molecule has 1 aromatic rings. The standard InChI is InChI=1S/C16H20N2O5/c1-11-12(6-5-9-17-11)15(20)22-10-23-16(21)18(2)13-7-3-4-8-14(13)19/h5-6,9,13H,3-4,7-8,10H2,1-2H3/t13-/m1/s1. The van der Waals surface area contributed by atoms with Crippen molar-refractivity contribution in [2.75, 3.05) is 13.8 Å². The van der Waals surface area contributed by atoms with E-state index in [-0.39, 0.29) is 5.78 Å². The van der Waals surface area contributed by atoms with Gasteiger partial charge in [0, 0.05) is 19.7 Å². The first-order valence-corrected chi connectivity index (χ1v) is 7.51. The average Bonchev–Trinajstić information content (AvgIpc) is 2.54. The maximum atomic E-state index is 11.9. The Kier molecular flexibility index (Phi) is 5.67. The molecule has 1 aromatic heterocycles. The fourth-order valence-electron chi connectivity index (χ4n) is 2.51. The van der Waals surface area contributed by atoms with Gasteiger partial charge in [0.15, 0.2) is 5.78 Å². The summed E-state index contributed by atoms with van der Waals surface area (Å²) >= 11 is 0. The van der Waals surface area contributed by atoms with E-state index in [0.29, 0.717) is 24.1 Å². The smallest absolute Gasteiger partial charge is 0.413 e. The second-order valence-corrected chi connectivity index (χ2v) is 5.44. The summed E-state index contributed by atoms with van der Waals surface area (Å²) in [5.74, 6) is -0.571. The number of hydrogen-bond acceptors (Lipinski definition) is 6. The number of hydrogen-bond donors (Lipinski definition) is 0. The molecule has 23 heavy (non-hydrogen) atoms. The van der Waals surface area contributed by atoms with Crippen molar-refractivity contribution >= 4 is 17.8 Å². The van der Waals surface area contributed by atoms with Gasteiger partial charge in [0.1, 0.15) is 0 Å². The van der Waals surface area contributed by atoms with Crippen molar-refractivity contribution in [3.8, 4) is 0 Å². The molecular formula is C16H20N2O5. The Balaban J connectivity index is 1.81. The monoisotopic (exact) mass is 320 g/mol. The predicted molar refractivity (Wildman–Crippen MR) is 80.8 cm³/mol. The normalized spacial score (nSPS) is 17.5. The highest BCUT2D eigenvalue weighted by molar-refractivity contribution is 5.90. The first-order chi connectivity index (χ1) is 11.0. The fourth-order valence-corrected chi connectivity index (χ4v) is 2.51. The summed E-state index contributed by atoms with van der Waals surface area (Å²) in [6, 6.07) is 2.75. The summed E-state index contributed by atoms with van der Waals surface area (Å²) < 4.78 is 9.82. The van der Waals surface area contributed by atoms with Gasteiger partial charge in [-0.15, -0.1) is 0 Å². The summed E-state index contributed by atoms with van der Waals surface area (Å²) in [5, 5.41) is 0. The zero-order chi connectivity index (χ0) is 16.8. The lowest BCUT2D eigenvalue weighted by Gasteiger charge is -2.29. The minimum atomic E-state index is -0.680. The Bertz CT molecular complexity index is 602. The number of nitrogens with zero attached hydrogens (tertiary/aromatic N) is 2. The lowest BCUT2D eigenvalue weighted by Crippen LogP contribution is -2.44. The molecule has 2 rings (SSSR count). The zero-order valence-corrected chi connectivity index (χ0v) is 13.3. The number of ketones is 1. The minimum absolute atomic E-state index is 0.0404. The Hall–Kier alpha value is -2.44. The van der Waals surface area contributed by atoms with Crippen LogP contribution < -0.4 is 0 Å². The molecule has 1 aliphatic carbocycles. The number of rotatable bonds is 4. The molecule has 1 fully saturated rings. The van der Waals surface area contributed by atoms with E-state index in [0.717, 1.165) is 12.8 Å². The van der Waals surface area contributed by atoms with Gasteiger partial charge in [0.25, 0.3) is 0 Å². The SMILES string of the molecule is Cc1ncccc1C(=O)OCOC(=O)N(C)[C@@H]1CCCCC1=O. The van der Waals surface area contributed by atoms with E-state index in [1.807, 2.05) is 0 Å². The topological polar surface area (TPSA) is 85.8 Å². The Morgan fingerprint density at radius 3 is 2.83 bits per heavy atom. The maximum Gasteiger partial charge on any atom is 0.413 e. The first-order valence-electron chi connectivity index (χ1n) is 7.51. The van der Waals surface area contributed by atoms with Gasteiger partial charge in [-0.1, -0.05) is 6.42 Å². The summed E-state index contributed by atoms with van der Waals surface area (Å²) in [6.45, 7) is 1.18. The van der Waals surface area contributed by atoms with Gasteiger partial charge in [-0.2, -0.15) is 0 Å². The summed E-state index contributed by atoms with van der Waals surface area (Å²) in [4.78, 5) is 40.8. The van der Waals surface area contributed by atoms with Gasteiger partial charge in [-0.05, 0) is 31.9 Å². The van der Waals surface area contributed by atoms with E-state index < -0.39 is 24.9 Å². The molecule has 0 bridgehead atoms. The Morgan fingerprint density at radius 2 is 2.13 bits per heavy atom. The number of Topliss-reactive ketones (excluding diaryl/α,β-unsaturated/α-hetero) is 1. The molecule has 1 saturated carbocycles. The van der Waals surface area contributed by atoms with Gasteiger partial charge in [0.05, 0.1) is 17.3 Å². The maximum absolute atomic E-state index is 11.9. The van der Waals surface area contributed by atoms with Crippen LogP contribution in [0.1, 0.15) is 41.7 Å². The van der Waals surface area contributed by atoms with E-state index in [1.165, 1.54) is 11.9 Å². The molecule has 0 aliphatic heterocycles. The molecule has 0 saturated heterocycles. The van der Waals surface area contributed by atoms with E-state index >= 15 is 0 Å². The highest BCUT2D eigenvalue weighted by Gasteiger charge is 2.29. The van der Waals surface area contributed by atoms with Gasteiger partial charge < -0.3 is 14.4 Å². The zero-order valence-electron chi connectivity index (χ0n) is 13.3. The van der Waals surface area contributed by atoms with Crippen molar-refractivity contribution in [1.29, 1.82) is 0 Å². The van der Waals surface area contributed by atoms with Gasteiger partial charge in [-0.3, -0.25) is 9.78 Å². The third-order valence-corrected chi connectivity index (χ3v) is 3.88. The van der Waals surface area contributed by atoms with Crippen molar-refractivity contribution in [1.82, 2.24) is 9.88 Å². The number of esters is 1. The van der Waals surface area contributed by atoms with Crippen LogP contribution in [0.5, 0.6) is 0 Å². The number of aryl methyl sites for hydroxylation is 1. The minimum Gasteiger partial charge on any atom is -0.424 e. The Labute approximate surface area is 134 Å².